The van der Waals surface area contributed by atoms with Gasteiger partial charge in [-0.05, 0) is 11.8 Å². The summed E-state index contributed by atoms with van der Waals surface area (Å²) < 4.78 is 0. The monoisotopic (exact) mass is 282 g/mol. The highest BCUT2D eigenvalue weighted by atomic mass is 14.1. The van der Waals surface area contributed by atoms with Gasteiger partial charge >= 0.3 is 0 Å². The maximum Gasteiger partial charge on any atom is -0.0417 e. The van der Waals surface area contributed by atoms with E-state index in [2.05, 4.69) is 27.7 Å². The predicted molar refractivity (Wildman–Crippen MR) is 94.3 cm³/mol. The Bertz CT molecular complexity index is 173. The van der Waals surface area contributed by atoms with Gasteiger partial charge in [-0.15, -0.1) is 0 Å². The maximum atomic E-state index is 2.37. The largest absolute Gasteiger partial charge is 0.0654 e. The third-order valence-electron chi connectivity index (χ3n) is 5.04. The van der Waals surface area contributed by atoms with Crippen molar-refractivity contribution in [3.8, 4) is 0 Å². The van der Waals surface area contributed by atoms with Crippen molar-refractivity contribution >= 4 is 0 Å². The lowest BCUT2D eigenvalue weighted by Crippen LogP contribution is -1.99. The summed E-state index contributed by atoms with van der Waals surface area (Å²) in [5.41, 5.74) is 0. The summed E-state index contributed by atoms with van der Waals surface area (Å²) in [5.74, 6) is 2.03. The standard InChI is InChI=1S/C20H42/c1-5-9-16-20(8-4)18-14-12-10-11-13-17-19(7-3)15-6-2/h19-20H,5-18H2,1-4H3. The molecule has 0 aliphatic rings. The fraction of sp³-hybridized carbons (Fsp3) is 1.00. The van der Waals surface area contributed by atoms with Crippen molar-refractivity contribution in [2.75, 3.05) is 0 Å². The molecule has 0 fully saturated rings. The minimum absolute atomic E-state index is 1.01. The van der Waals surface area contributed by atoms with Crippen molar-refractivity contribution in [1.29, 1.82) is 0 Å². The average molecular weight is 283 g/mol. The van der Waals surface area contributed by atoms with E-state index in [4.69, 9.17) is 0 Å². The Morgan fingerprint density at radius 3 is 1.35 bits per heavy atom. The molecule has 0 saturated carbocycles. The fourth-order valence-corrected chi connectivity index (χ4v) is 3.40. The van der Waals surface area contributed by atoms with E-state index < -0.39 is 0 Å². The molecule has 0 nitrogen and oxygen atoms in total. The molecule has 0 N–H and O–H groups in total. The van der Waals surface area contributed by atoms with Crippen LogP contribution in [0.25, 0.3) is 0 Å². The lowest BCUT2D eigenvalue weighted by Gasteiger charge is -2.14. The van der Waals surface area contributed by atoms with E-state index in [-0.39, 0.29) is 0 Å². The van der Waals surface area contributed by atoms with E-state index in [1.807, 2.05) is 0 Å². The van der Waals surface area contributed by atoms with Gasteiger partial charge in [0.05, 0.1) is 0 Å². The van der Waals surface area contributed by atoms with Crippen LogP contribution in [0.1, 0.15) is 118 Å². The van der Waals surface area contributed by atoms with Crippen molar-refractivity contribution in [1.82, 2.24) is 0 Å². The van der Waals surface area contributed by atoms with Crippen molar-refractivity contribution < 1.29 is 0 Å². The molecule has 0 radical (unpaired) electrons. The molecule has 0 amide bonds. The Hall–Kier alpha value is 0. The van der Waals surface area contributed by atoms with Crippen LogP contribution >= 0.6 is 0 Å². The number of hydrogen-bond donors (Lipinski definition) is 0. The van der Waals surface area contributed by atoms with Crippen LogP contribution in [0.2, 0.25) is 0 Å². The second kappa shape index (κ2) is 15.4. The highest BCUT2D eigenvalue weighted by molar-refractivity contribution is 4.59. The predicted octanol–water partition coefficient (Wildman–Crippen LogP) is 7.76. The number of rotatable bonds is 15. The molecule has 0 aromatic rings. The summed E-state index contributed by atoms with van der Waals surface area (Å²) in [5, 5.41) is 0. The van der Waals surface area contributed by atoms with Gasteiger partial charge in [0.25, 0.3) is 0 Å². The second-order valence-corrected chi connectivity index (χ2v) is 6.82. The third kappa shape index (κ3) is 11.8. The Labute approximate surface area is 130 Å². The molecule has 0 saturated heterocycles. The highest BCUT2D eigenvalue weighted by Gasteiger charge is 2.06. The highest BCUT2D eigenvalue weighted by Crippen LogP contribution is 2.22. The molecule has 0 rings (SSSR count). The summed E-state index contributed by atoms with van der Waals surface area (Å²) in [6.45, 7) is 9.38. The second-order valence-electron chi connectivity index (χ2n) is 6.82. The topological polar surface area (TPSA) is 0 Å². The molecule has 2 atom stereocenters. The zero-order valence-electron chi connectivity index (χ0n) is 15.1. The zero-order valence-corrected chi connectivity index (χ0v) is 15.1. The van der Waals surface area contributed by atoms with Crippen LogP contribution < -0.4 is 0 Å². The summed E-state index contributed by atoms with van der Waals surface area (Å²) in [6.07, 6.45) is 20.3. The van der Waals surface area contributed by atoms with Crippen molar-refractivity contribution in [3.05, 3.63) is 0 Å². The van der Waals surface area contributed by atoms with Gasteiger partial charge in [0.1, 0.15) is 0 Å². The van der Waals surface area contributed by atoms with Crippen LogP contribution in [0, 0.1) is 11.8 Å². The number of hydrogen-bond acceptors (Lipinski definition) is 0. The van der Waals surface area contributed by atoms with Crippen molar-refractivity contribution in [2.45, 2.75) is 118 Å². The Balaban J connectivity index is 3.38. The fourth-order valence-electron chi connectivity index (χ4n) is 3.40. The molecule has 0 aliphatic carbocycles. The van der Waals surface area contributed by atoms with Gasteiger partial charge in [0.15, 0.2) is 0 Å². The van der Waals surface area contributed by atoms with Crippen LogP contribution in [-0.4, -0.2) is 0 Å². The van der Waals surface area contributed by atoms with Crippen LogP contribution in [0.15, 0.2) is 0 Å². The van der Waals surface area contributed by atoms with Crippen LogP contribution in [0.3, 0.4) is 0 Å². The average Bonchev–Trinajstić information content (AvgIpc) is 2.48. The summed E-state index contributed by atoms with van der Waals surface area (Å²) in [4.78, 5) is 0. The maximum absolute atomic E-state index is 2.37. The Morgan fingerprint density at radius 2 is 0.900 bits per heavy atom. The first-order valence-corrected chi connectivity index (χ1v) is 9.78. The minimum Gasteiger partial charge on any atom is -0.0654 e. The van der Waals surface area contributed by atoms with E-state index in [1.54, 1.807) is 0 Å². The molecular weight excluding hydrogens is 240 g/mol. The van der Waals surface area contributed by atoms with Crippen LogP contribution in [0.4, 0.5) is 0 Å². The van der Waals surface area contributed by atoms with Crippen molar-refractivity contribution in [3.63, 3.8) is 0 Å². The molecule has 0 spiro atoms. The lowest BCUT2D eigenvalue weighted by atomic mass is 9.92. The van der Waals surface area contributed by atoms with Crippen LogP contribution in [0.5, 0.6) is 0 Å². The molecule has 0 heteroatoms. The molecule has 0 aliphatic heterocycles. The molecular formula is C20H42. The summed E-state index contributed by atoms with van der Waals surface area (Å²) in [7, 11) is 0. The summed E-state index contributed by atoms with van der Waals surface area (Å²) >= 11 is 0. The molecule has 0 aromatic carbocycles. The first-order valence-electron chi connectivity index (χ1n) is 9.78. The molecule has 0 heterocycles. The molecule has 122 valence electrons. The smallest absolute Gasteiger partial charge is 0.0417 e. The van der Waals surface area contributed by atoms with E-state index in [0.29, 0.717) is 0 Å². The van der Waals surface area contributed by atoms with Gasteiger partial charge in [0, 0.05) is 0 Å². The normalized spacial score (nSPS) is 14.4. The molecule has 0 aromatic heterocycles. The van der Waals surface area contributed by atoms with E-state index in [9.17, 15) is 0 Å². The van der Waals surface area contributed by atoms with Gasteiger partial charge in [-0.25, -0.2) is 0 Å². The van der Waals surface area contributed by atoms with Gasteiger partial charge < -0.3 is 0 Å². The Morgan fingerprint density at radius 1 is 0.450 bits per heavy atom. The molecule has 0 bridgehead atoms. The third-order valence-corrected chi connectivity index (χ3v) is 5.04. The molecule has 2 unspecified atom stereocenters. The van der Waals surface area contributed by atoms with Gasteiger partial charge in [0.2, 0.25) is 0 Å². The lowest BCUT2D eigenvalue weighted by molar-refractivity contribution is 0.389. The summed E-state index contributed by atoms with van der Waals surface area (Å²) in [6, 6.07) is 0. The van der Waals surface area contributed by atoms with Crippen molar-refractivity contribution in [2.24, 2.45) is 11.8 Å². The van der Waals surface area contributed by atoms with E-state index in [0.717, 1.165) is 11.8 Å². The number of unbranched alkanes of at least 4 members (excludes halogenated alkanes) is 5. The van der Waals surface area contributed by atoms with E-state index in [1.165, 1.54) is 89.9 Å². The van der Waals surface area contributed by atoms with Gasteiger partial charge in [-0.1, -0.05) is 118 Å². The minimum atomic E-state index is 1.01. The van der Waals surface area contributed by atoms with Gasteiger partial charge in [-0.3, -0.25) is 0 Å². The SMILES string of the molecule is CCCCC(CC)CCCCCCCC(CC)CCC. The van der Waals surface area contributed by atoms with Crippen LogP contribution in [-0.2, 0) is 0 Å². The molecule has 20 heavy (non-hydrogen) atoms. The Kier molecular flexibility index (Phi) is 15.4. The zero-order chi connectivity index (χ0) is 15.1. The first-order chi connectivity index (χ1) is 9.78. The van der Waals surface area contributed by atoms with Gasteiger partial charge in [-0.2, -0.15) is 0 Å². The first kappa shape index (κ1) is 20.0. The van der Waals surface area contributed by atoms with E-state index >= 15 is 0 Å². The quantitative estimate of drug-likeness (QED) is 0.269.